The number of rotatable bonds is 4. The topological polar surface area (TPSA) is 97.6 Å². The molecule has 1 aliphatic rings. The summed E-state index contributed by atoms with van der Waals surface area (Å²) in [5, 5.41) is 8.39. The Kier molecular flexibility index (Phi) is 5.45. The first-order valence-corrected chi connectivity index (χ1v) is 8.62. The lowest BCUT2D eigenvalue weighted by Gasteiger charge is -2.34. The lowest BCUT2D eigenvalue weighted by Crippen LogP contribution is -2.51. The van der Waals surface area contributed by atoms with Crippen molar-refractivity contribution in [1.82, 2.24) is 24.8 Å². The van der Waals surface area contributed by atoms with E-state index in [-0.39, 0.29) is 30.5 Å². The fraction of sp³-hybridized carbons (Fsp3) is 0.471. The maximum absolute atomic E-state index is 12.4. The molecule has 0 bridgehead atoms. The Labute approximate surface area is 150 Å². The van der Waals surface area contributed by atoms with Crippen LogP contribution in [0.15, 0.2) is 29.1 Å². The molecule has 1 fully saturated rings. The van der Waals surface area contributed by atoms with Crippen molar-refractivity contribution in [3.8, 4) is 0 Å². The summed E-state index contributed by atoms with van der Waals surface area (Å²) < 4.78 is 6.18. The van der Waals surface area contributed by atoms with E-state index in [4.69, 9.17) is 4.74 Å². The second-order valence-electron chi connectivity index (χ2n) is 5.95. The number of piperazine rings is 1. The number of amides is 2. The molecule has 2 heterocycles. The van der Waals surface area contributed by atoms with Crippen LogP contribution in [0.2, 0.25) is 0 Å². The molecule has 0 saturated carbocycles. The molecule has 0 aliphatic carbocycles. The van der Waals surface area contributed by atoms with Gasteiger partial charge in [0.2, 0.25) is 5.91 Å². The van der Waals surface area contributed by atoms with Crippen molar-refractivity contribution < 1.29 is 14.3 Å². The van der Waals surface area contributed by atoms with Crippen molar-refractivity contribution in [2.24, 2.45) is 0 Å². The van der Waals surface area contributed by atoms with Crippen LogP contribution < -0.4 is 5.56 Å². The number of benzene rings is 1. The van der Waals surface area contributed by atoms with Gasteiger partial charge in [-0.25, -0.2) is 9.48 Å². The van der Waals surface area contributed by atoms with E-state index in [9.17, 15) is 14.4 Å². The van der Waals surface area contributed by atoms with Crippen molar-refractivity contribution in [1.29, 1.82) is 0 Å². The van der Waals surface area contributed by atoms with Gasteiger partial charge in [0.15, 0.2) is 0 Å². The lowest BCUT2D eigenvalue weighted by molar-refractivity contribution is -0.133. The normalized spacial score (nSPS) is 14.5. The number of carbonyl (C=O) groups excluding carboxylic acids is 2. The molecule has 1 aromatic carbocycles. The monoisotopic (exact) mass is 359 g/mol. The molecular weight excluding hydrogens is 338 g/mol. The highest BCUT2D eigenvalue weighted by atomic mass is 16.6. The van der Waals surface area contributed by atoms with Gasteiger partial charge < -0.3 is 14.5 Å². The Morgan fingerprint density at radius 2 is 1.81 bits per heavy atom. The van der Waals surface area contributed by atoms with Crippen LogP contribution in [0.3, 0.4) is 0 Å². The quantitative estimate of drug-likeness (QED) is 0.788. The molecule has 9 heteroatoms. The van der Waals surface area contributed by atoms with E-state index in [1.54, 1.807) is 41.0 Å². The first kappa shape index (κ1) is 17.8. The van der Waals surface area contributed by atoms with Crippen molar-refractivity contribution in [2.45, 2.75) is 19.9 Å². The molecule has 0 spiro atoms. The minimum atomic E-state index is -0.349. The molecule has 2 amide bonds. The third kappa shape index (κ3) is 3.81. The summed E-state index contributed by atoms with van der Waals surface area (Å²) in [5.74, 6) is -0.0737. The van der Waals surface area contributed by atoms with E-state index in [2.05, 4.69) is 10.3 Å². The van der Waals surface area contributed by atoms with Gasteiger partial charge >= 0.3 is 6.09 Å². The van der Waals surface area contributed by atoms with Gasteiger partial charge in [-0.15, -0.1) is 5.10 Å². The summed E-state index contributed by atoms with van der Waals surface area (Å²) in [7, 11) is 0. The minimum Gasteiger partial charge on any atom is -0.450 e. The standard InChI is InChI=1S/C17H21N5O4/c1-2-26-17(25)21-11-9-20(10-12-21)15(23)7-8-22-16(24)13-5-3-4-6-14(13)18-19-22/h3-6H,2,7-12H2,1H3. The first-order valence-electron chi connectivity index (χ1n) is 8.62. The van der Waals surface area contributed by atoms with Gasteiger partial charge in [0.05, 0.1) is 18.5 Å². The zero-order valence-electron chi connectivity index (χ0n) is 14.6. The molecule has 0 unspecified atom stereocenters. The molecule has 138 valence electrons. The van der Waals surface area contributed by atoms with Crippen LogP contribution in [-0.4, -0.2) is 69.6 Å². The lowest BCUT2D eigenvalue weighted by atomic mass is 10.2. The number of hydrogen-bond acceptors (Lipinski definition) is 6. The van der Waals surface area contributed by atoms with Gasteiger partial charge in [0.25, 0.3) is 5.56 Å². The van der Waals surface area contributed by atoms with E-state index >= 15 is 0 Å². The summed E-state index contributed by atoms with van der Waals surface area (Å²) in [6.45, 7) is 4.06. The van der Waals surface area contributed by atoms with E-state index in [0.29, 0.717) is 43.7 Å². The molecular formula is C17H21N5O4. The maximum Gasteiger partial charge on any atom is 0.409 e. The van der Waals surface area contributed by atoms with Gasteiger partial charge in [-0.3, -0.25) is 9.59 Å². The van der Waals surface area contributed by atoms with E-state index in [1.165, 1.54) is 4.68 Å². The van der Waals surface area contributed by atoms with E-state index in [1.807, 2.05) is 0 Å². The number of ether oxygens (including phenoxy) is 1. The van der Waals surface area contributed by atoms with E-state index < -0.39 is 0 Å². The number of nitrogens with zero attached hydrogens (tertiary/aromatic N) is 5. The highest BCUT2D eigenvalue weighted by Crippen LogP contribution is 2.07. The fourth-order valence-electron chi connectivity index (χ4n) is 2.88. The van der Waals surface area contributed by atoms with Gasteiger partial charge in [0, 0.05) is 32.6 Å². The van der Waals surface area contributed by atoms with Crippen LogP contribution in [0.1, 0.15) is 13.3 Å². The number of hydrogen-bond donors (Lipinski definition) is 0. The highest BCUT2D eigenvalue weighted by molar-refractivity contribution is 5.77. The van der Waals surface area contributed by atoms with E-state index in [0.717, 1.165) is 0 Å². The number of aromatic nitrogens is 3. The minimum absolute atomic E-state index is 0.0737. The van der Waals surface area contributed by atoms with Gasteiger partial charge in [-0.05, 0) is 19.1 Å². The highest BCUT2D eigenvalue weighted by Gasteiger charge is 2.24. The summed E-state index contributed by atoms with van der Waals surface area (Å²) in [5.41, 5.74) is 0.283. The van der Waals surface area contributed by atoms with Crippen LogP contribution >= 0.6 is 0 Å². The molecule has 3 rings (SSSR count). The van der Waals surface area contributed by atoms with Gasteiger partial charge in [-0.2, -0.15) is 0 Å². The van der Waals surface area contributed by atoms with Crippen LogP contribution in [0, 0.1) is 0 Å². The Balaban J connectivity index is 1.56. The van der Waals surface area contributed by atoms with Crippen molar-refractivity contribution >= 4 is 22.9 Å². The fourth-order valence-corrected chi connectivity index (χ4v) is 2.88. The largest absolute Gasteiger partial charge is 0.450 e. The molecule has 1 aliphatic heterocycles. The SMILES string of the molecule is CCOC(=O)N1CCN(C(=O)CCn2nnc3ccccc3c2=O)CC1. The third-order valence-electron chi connectivity index (χ3n) is 4.33. The smallest absolute Gasteiger partial charge is 0.409 e. The molecule has 1 saturated heterocycles. The molecule has 26 heavy (non-hydrogen) atoms. The van der Waals surface area contributed by atoms with Gasteiger partial charge in [-0.1, -0.05) is 17.3 Å². The molecule has 2 aromatic rings. The Hall–Kier alpha value is -2.97. The molecule has 1 aromatic heterocycles. The zero-order valence-corrected chi connectivity index (χ0v) is 14.6. The van der Waals surface area contributed by atoms with Crippen molar-refractivity contribution in [2.75, 3.05) is 32.8 Å². The molecule has 0 N–H and O–H groups in total. The molecule has 0 radical (unpaired) electrons. The predicted molar refractivity (Wildman–Crippen MR) is 93.6 cm³/mol. The average Bonchev–Trinajstić information content (AvgIpc) is 2.68. The summed E-state index contributed by atoms with van der Waals surface area (Å²) in [4.78, 5) is 39.7. The Morgan fingerprint density at radius 3 is 2.54 bits per heavy atom. The first-order chi connectivity index (χ1) is 12.6. The van der Waals surface area contributed by atoms with Crippen LogP contribution in [0.25, 0.3) is 10.9 Å². The zero-order chi connectivity index (χ0) is 18.5. The Morgan fingerprint density at radius 1 is 1.12 bits per heavy atom. The average molecular weight is 359 g/mol. The van der Waals surface area contributed by atoms with Crippen molar-refractivity contribution in [3.63, 3.8) is 0 Å². The van der Waals surface area contributed by atoms with Crippen LogP contribution in [0.4, 0.5) is 4.79 Å². The van der Waals surface area contributed by atoms with Crippen LogP contribution in [0.5, 0.6) is 0 Å². The summed E-state index contributed by atoms with van der Waals surface area (Å²) in [6.07, 6.45) is -0.190. The van der Waals surface area contributed by atoms with Crippen molar-refractivity contribution in [3.05, 3.63) is 34.6 Å². The van der Waals surface area contributed by atoms with Gasteiger partial charge in [0.1, 0.15) is 5.52 Å². The third-order valence-corrected chi connectivity index (χ3v) is 4.33. The van der Waals surface area contributed by atoms with Crippen LogP contribution in [-0.2, 0) is 16.1 Å². The summed E-state index contributed by atoms with van der Waals surface area (Å²) in [6, 6.07) is 6.98. The second kappa shape index (κ2) is 7.94. The summed E-state index contributed by atoms with van der Waals surface area (Å²) >= 11 is 0. The Bertz CT molecular complexity index is 858. The molecule has 0 atom stereocenters. The number of fused-ring (bicyclic) bond motifs is 1. The second-order valence-corrected chi connectivity index (χ2v) is 5.95. The predicted octanol–water partition coefficient (Wildman–Crippen LogP) is 0.482. The molecule has 9 nitrogen and oxygen atoms in total. The maximum atomic E-state index is 12.4. The number of carbonyl (C=O) groups is 2. The number of aryl methyl sites for hydroxylation is 1.